The van der Waals surface area contributed by atoms with Gasteiger partial charge < -0.3 is 15.5 Å². The van der Waals surface area contributed by atoms with E-state index >= 15 is 0 Å². The van der Waals surface area contributed by atoms with Crippen LogP contribution in [-0.2, 0) is 4.79 Å². The Morgan fingerprint density at radius 1 is 1.26 bits per heavy atom. The number of nitriles is 1. The number of benzene rings is 1. The number of nitrogens with zero attached hydrogens (tertiary/aromatic N) is 4. The number of hydrogen-bond donors (Lipinski definition) is 2. The SMILES string of the molecule is C=CC(=O)Nc1ccc(C(=O)N2CC[C@H](Nc3ncc(C#N)cn3)C2)cc1. The fraction of sp³-hybridized carbons (Fsp3) is 0.211. The van der Waals surface area contributed by atoms with Crippen LogP contribution in [0.5, 0.6) is 0 Å². The Morgan fingerprint density at radius 3 is 2.59 bits per heavy atom. The number of rotatable bonds is 5. The number of hydrogen-bond acceptors (Lipinski definition) is 6. The molecule has 8 nitrogen and oxygen atoms in total. The van der Waals surface area contributed by atoms with Crippen LogP contribution in [0.1, 0.15) is 22.3 Å². The number of carbonyl (C=O) groups excluding carboxylic acids is 2. The van der Waals surface area contributed by atoms with E-state index in [9.17, 15) is 9.59 Å². The highest BCUT2D eigenvalue weighted by molar-refractivity contribution is 5.99. The van der Waals surface area contributed by atoms with Gasteiger partial charge in [0, 0.05) is 30.4 Å². The molecule has 2 N–H and O–H groups in total. The zero-order chi connectivity index (χ0) is 19.2. The second kappa shape index (κ2) is 8.10. The number of carbonyl (C=O) groups is 2. The van der Waals surface area contributed by atoms with Crippen LogP contribution in [0.3, 0.4) is 0 Å². The van der Waals surface area contributed by atoms with E-state index < -0.39 is 0 Å². The van der Waals surface area contributed by atoms with Gasteiger partial charge in [-0.1, -0.05) is 6.58 Å². The van der Waals surface area contributed by atoms with Crippen LogP contribution in [0, 0.1) is 11.3 Å². The van der Waals surface area contributed by atoms with Crippen molar-refractivity contribution in [2.45, 2.75) is 12.5 Å². The lowest BCUT2D eigenvalue weighted by atomic mass is 10.2. The molecular formula is C19H18N6O2. The van der Waals surface area contributed by atoms with E-state index in [4.69, 9.17) is 5.26 Å². The van der Waals surface area contributed by atoms with Gasteiger partial charge >= 0.3 is 0 Å². The summed E-state index contributed by atoms with van der Waals surface area (Å²) in [6.07, 6.45) is 4.89. The van der Waals surface area contributed by atoms with E-state index in [2.05, 4.69) is 27.2 Å². The number of amides is 2. The van der Waals surface area contributed by atoms with Crippen molar-refractivity contribution in [2.75, 3.05) is 23.7 Å². The van der Waals surface area contributed by atoms with Crippen LogP contribution in [0.15, 0.2) is 49.3 Å². The average molecular weight is 362 g/mol. The van der Waals surface area contributed by atoms with Crippen molar-refractivity contribution in [1.29, 1.82) is 5.26 Å². The molecule has 0 saturated carbocycles. The second-order valence-corrected chi connectivity index (χ2v) is 6.06. The number of likely N-dealkylation sites (tertiary alicyclic amines) is 1. The molecule has 2 aromatic rings. The summed E-state index contributed by atoms with van der Waals surface area (Å²) in [4.78, 5) is 33.9. The van der Waals surface area contributed by atoms with Crippen LogP contribution in [0.25, 0.3) is 0 Å². The summed E-state index contributed by atoms with van der Waals surface area (Å²) in [6, 6.07) is 8.76. The molecule has 1 aliphatic rings. The van der Waals surface area contributed by atoms with E-state index in [1.807, 2.05) is 6.07 Å². The van der Waals surface area contributed by atoms with Crippen LogP contribution < -0.4 is 10.6 Å². The second-order valence-electron chi connectivity index (χ2n) is 6.06. The quantitative estimate of drug-likeness (QED) is 0.785. The molecule has 1 aromatic carbocycles. The summed E-state index contributed by atoms with van der Waals surface area (Å²) in [6.45, 7) is 4.56. The van der Waals surface area contributed by atoms with Crippen LogP contribution >= 0.6 is 0 Å². The molecule has 0 unspecified atom stereocenters. The molecule has 0 aliphatic carbocycles. The molecule has 2 heterocycles. The Balaban J connectivity index is 1.57. The number of nitrogens with one attached hydrogen (secondary N) is 2. The van der Waals surface area contributed by atoms with Crippen molar-refractivity contribution in [3.63, 3.8) is 0 Å². The van der Waals surface area contributed by atoms with Gasteiger partial charge in [-0.05, 0) is 36.8 Å². The fourth-order valence-electron chi connectivity index (χ4n) is 2.78. The largest absolute Gasteiger partial charge is 0.350 e. The van der Waals surface area contributed by atoms with E-state index in [1.165, 1.54) is 18.5 Å². The molecule has 3 rings (SSSR count). The number of anilines is 2. The topological polar surface area (TPSA) is 111 Å². The predicted molar refractivity (Wildman–Crippen MR) is 99.9 cm³/mol. The van der Waals surface area contributed by atoms with Gasteiger partial charge in [0.1, 0.15) is 6.07 Å². The molecular weight excluding hydrogens is 344 g/mol. The van der Waals surface area contributed by atoms with Gasteiger partial charge in [-0.2, -0.15) is 5.26 Å². The Hall–Kier alpha value is -3.73. The minimum absolute atomic E-state index is 0.0491. The fourth-order valence-corrected chi connectivity index (χ4v) is 2.78. The van der Waals surface area contributed by atoms with Crippen molar-refractivity contribution >= 4 is 23.5 Å². The van der Waals surface area contributed by atoms with Crippen molar-refractivity contribution in [2.24, 2.45) is 0 Å². The molecule has 0 spiro atoms. The highest BCUT2D eigenvalue weighted by atomic mass is 16.2. The van der Waals surface area contributed by atoms with Crippen LogP contribution in [-0.4, -0.2) is 45.8 Å². The lowest BCUT2D eigenvalue weighted by molar-refractivity contribution is -0.111. The lowest BCUT2D eigenvalue weighted by Crippen LogP contribution is -2.31. The summed E-state index contributed by atoms with van der Waals surface area (Å²) in [5.74, 6) is 0.0739. The summed E-state index contributed by atoms with van der Waals surface area (Å²) < 4.78 is 0. The maximum Gasteiger partial charge on any atom is 0.253 e. The molecule has 1 fully saturated rings. The van der Waals surface area contributed by atoms with Gasteiger partial charge in [0.05, 0.1) is 18.0 Å². The smallest absolute Gasteiger partial charge is 0.253 e. The maximum absolute atomic E-state index is 12.6. The normalized spacial score (nSPS) is 15.7. The van der Waals surface area contributed by atoms with Crippen molar-refractivity contribution in [1.82, 2.24) is 14.9 Å². The summed E-state index contributed by atoms with van der Waals surface area (Å²) in [7, 11) is 0. The molecule has 8 heteroatoms. The predicted octanol–water partition coefficient (Wildman–Crippen LogP) is 1.80. The van der Waals surface area contributed by atoms with E-state index in [-0.39, 0.29) is 17.9 Å². The molecule has 1 atom stereocenters. The first-order valence-electron chi connectivity index (χ1n) is 8.40. The summed E-state index contributed by atoms with van der Waals surface area (Å²) in [5.41, 5.74) is 1.56. The van der Waals surface area contributed by atoms with Crippen LogP contribution in [0.2, 0.25) is 0 Å². The molecule has 136 valence electrons. The molecule has 1 aromatic heterocycles. The Kier molecular flexibility index (Phi) is 5.42. The maximum atomic E-state index is 12.6. The van der Waals surface area contributed by atoms with Gasteiger partial charge in [0.2, 0.25) is 11.9 Å². The Bertz CT molecular complexity index is 886. The Labute approximate surface area is 156 Å². The van der Waals surface area contributed by atoms with E-state index in [0.717, 1.165) is 6.42 Å². The van der Waals surface area contributed by atoms with Gasteiger partial charge in [-0.25, -0.2) is 9.97 Å². The van der Waals surface area contributed by atoms with Crippen molar-refractivity contribution in [3.05, 3.63) is 60.4 Å². The third kappa shape index (κ3) is 4.46. The molecule has 2 amide bonds. The summed E-state index contributed by atoms with van der Waals surface area (Å²) >= 11 is 0. The Morgan fingerprint density at radius 2 is 1.96 bits per heavy atom. The molecule has 1 aliphatic heterocycles. The van der Waals surface area contributed by atoms with E-state index in [0.29, 0.717) is 35.9 Å². The zero-order valence-electron chi connectivity index (χ0n) is 14.6. The molecule has 27 heavy (non-hydrogen) atoms. The molecule has 0 radical (unpaired) electrons. The summed E-state index contributed by atoms with van der Waals surface area (Å²) in [5, 5.41) is 14.6. The van der Waals surface area contributed by atoms with Gasteiger partial charge in [0.15, 0.2) is 0 Å². The van der Waals surface area contributed by atoms with Crippen LogP contribution in [0.4, 0.5) is 11.6 Å². The van der Waals surface area contributed by atoms with Gasteiger partial charge in [-0.15, -0.1) is 0 Å². The average Bonchev–Trinajstić information content (AvgIpc) is 3.17. The molecule has 1 saturated heterocycles. The minimum Gasteiger partial charge on any atom is -0.350 e. The highest BCUT2D eigenvalue weighted by Gasteiger charge is 2.27. The van der Waals surface area contributed by atoms with Gasteiger partial charge in [0.25, 0.3) is 5.91 Å². The first kappa shape index (κ1) is 18.1. The standard InChI is InChI=1S/C19H18N6O2/c1-2-17(26)23-15-5-3-14(4-6-15)18(27)25-8-7-16(12-25)24-19-21-10-13(9-20)11-22-19/h2-6,10-11,16H,1,7-8,12H2,(H,23,26)(H,21,22,24)/t16-/m0/s1. The first-order chi connectivity index (χ1) is 13.1. The van der Waals surface area contributed by atoms with Gasteiger partial charge in [-0.3, -0.25) is 9.59 Å². The third-order valence-corrected chi connectivity index (χ3v) is 4.17. The van der Waals surface area contributed by atoms with Crippen molar-refractivity contribution < 1.29 is 9.59 Å². The molecule has 0 bridgehead atoms. The number of aromatic nitrogens is 2. The third-order valence-electron chi connectivity index (χ3n) is 4.17. The lowest BCUT2D eigenvalue weighted by Gasteiger charge is -2.17. The van der Waals surface area contributed by atoms with Crippen molar-refractivity contribution in [3.8, 4) is 6.07 Å². The first-order valence-corrected chi connectivity index (χ1v) is 8.40. The zero-order valence-corrected chi connectivity index (χ0v) is 14.6. The van der Waals surface area contributed by atoms with E-state index in [1.54, 1.807) is 29.2 Å². The monoisotopic (exact) mass is 362 g/mol. The highest BCUT2D eigenvalue weighted by Crippen LogP contribution is 2.18. The minimum atomic E-state index is -0.299.